The van der Waals surface area contributed by atoms with Crippen LogP contribution in [0.2, 0.25) is 0 Å². The third kappa shape index (κ3) is 4.24. The van der Waals surface area contributed by atoms with Crippen LogP contribution in [0.4, 0.5) is 0 Å². The van der Waals surface area contributed by atoms with Crippen LogP contribution in [0.5, 0.6) is 0 Å². The van der Waals surface area contributed by atoms with Crippen molar-refractivity contribution in [2.75, 3.05) is 7.11 Å². The third-order valence-electron chi connectivity index (χ3n) is 2.18. The fourth-order valence-corrected chi connectivity index (χ4v) is 2.17. The first kappa shape index (κ1) is 14.4. The largest absolute Gasteiger partial charge is 0.469 e. The molecule has 3 nitrogen and oxygen atoms in total. The van der Waals surface area contributed by atoms with Crippen LogP contribution >= 0.6 is 31.9 Å². The molecule has 1 aromatic rings. The van der Waals surface area contributed by atoms with Crippen molar-refractivity contribution in [3.8, 4) is 0 Å². The minimum atomic E-state index is -0.326. The maximum absolute atomic E-state index is 11.8. The zero-order chi connectivity index (χ0) is 13.0. The van der Waals surface area contributed by atoms with E-state index < -0.39 is 0 Å². The van der Waals surface area contributed by atoms with Crippen molar-refractivity contribution in [3.05, 3.63) is 33.8 Å². The van der Waals surface area contributed by atoms with Gasteiger partial charge in [-0.25, -0.2) is 0 Å². The summed E-state index contributed by atoms with van der Waals surface area (Å²) in [7, 11) is 1.34. The molecule has 0 aliphatic rings. The van der Waals surface area contributed by atoms with Crippen LogP contribution in [0.1, 0.15) is 22.8 Å². The number of hydrogen-bond acceptors (Lipinski definition) is 3. The third-order valence-corrected chi connectivity index (χ3v) is 3.05. The van der Waals surface area contributed by atoms with Gasteiger partial charge in [0.2, 0.25) is 0 Å². The number of alkyl halides is 1. The van der Waals surface area contributed by atoms with Gasteiger partial charge < -0.3 is 4.74 Å². The second-order valence-electron chi connectivity index (χ2n) is 3.58. The average Bonchev–Trinajstić information content (AvgIpc) is 2.26. The van der Waals surface area contributed by atoms with Crippen LogP contribution < -0.4 is 0 Å². The molecule has 92 valence electrons. The molecule has 5 heteroatoms. The molecule has 0 N–H and O–H groups in total. The predicted octanol–water partition coefficient (Wildman–Crippen LogP) is 3.13. The number of carbonyl (C=O) groups excluding carboxylic acids is 2. The number of carbonyl (C=O) groups is 2. The van der Waals surface area contributed by atoms with E-state index in [1.165, 1.54) is 7.11 Å². The first-order chi connectivity index (χ1) is 7.93. The van der Waals surface area contributed by atoms with Crippen molar-refractivity contribution >= 4 is 43.6 Å². The lowest BCUT2D eigenvalue weighted by molar-refractivity contribution is -0.139. The van der Waals surface area contributed by atoms with E-state index in [9.17, 15) is 9.59 Å². The van der Waals surface area contributed by atoms with E-state index in [-0.39, 0.29) is 23.0 Å². The highest BCUT2D eigenvalue weighted by Crippen LogP contribution is 2.19. The Morgan fingerprint density at radius 3 is 2.53 bits per heavy atom. The van der Waals surface area contributed by atoms with Gasteiger partial charge in [0.15, 0.2) is 5.78 Å². The fraction of sp³-hybridized carbons (Fsp3) is 0.333. The second kappa shape index (κ2) is 6.31. The smallest absolute Gasteiger partial charge is 0.309 e. The van der Waals surface area contributed by atoms with Gasteiger partial charge in [-0.05, 0) is 30.7 Å². The standard InChI is InChI=1S/C12H12Br2O3/c1-7(13)12(16)9-3-8(4-10(14)6-9)5-11(15)17-2/h3-4,6-7H,5H2,1-2H3. The molecule has 0 aromatic heterocycles. The van der Waals surface area contributed by atoms with Gasteiger partial charge in [0.05, 0.1) is 18.4 Å². The summed E-state index contributed by atoms with van der Waals surface area (Å²) in [5, 5.41) is 0. The van der Waals surface area contributed by atoms with Crippen LogP contribution in [0, 0.1) is 0 Å². The Bertz CT molecular complexity index is 441. The van der Waals surface area contributed by atoms with Crippen LogP contribution in [-0.2, 0) is 16.0 Å². The number of ketones is 1. The van der Waals surface area contributed by atoms with Crippen LogP contribution in [0.3, 0.4) is 0 Å². The summed E-state index contributed by atoms with van der Waals surface area (Å²) >= 11 is 6.56. The van der Waals surface area contributed by atoms with Gasteiger partial charge in [-0.2, -0.15) is 0 Å². The van der Waals surface area contributed by atoms with Crippen molar-refractivity contribution in [3.63, 3.8) is 0 Å². The minimum absolute atomic E-state index is 0.0163. The van der Waals surface area contributed by atoms with E-state index >= 15 is 0 Å². The highest BCUT2D eigenvalue weighted by Gasteiger charge is 2.14. The number of esters is 1. The second-order valence-corrected chi connectivity index (χ2v) is 5.87. The molecule has 0 fully saturated rings. The molecule has 1 atom stereocenters. The first-order valence-electron chi connectivity index (χ1n) is 4.98. The van der Waals surface area contributed by atoms with Crippen LogP contribution in [0.15, 0.2) is 22.7 Å². The number of methoxy groups -OCH3 is 1. The Morgan fingerprint density at radius 2 is 2.00 bits per heavy atom. The lowest BCUT2D eigenvalue weighted by Gasteiger charge is -2.07. The highest BCUT2D eigenvalue weighted by molar-refractivity contribution is 9.10. The number of halogens is 2. The Kier molecular flexibility index (Phi) is 5.33. The Hall–Kier alpha value is -0.680. The summed E-state index contributed by atoms with van der Waals surface area (Å²) in [5.74, 6) is -0.342. The van der Waals surface area contributed by atoms with Gasteiger partial charge in [-0.15, -0.1) is 0 Å². The van der Waals surface area contributed by atoms with E-state index in [4.69, 9.17) is 0 Å². The first-order valence-corrected chi connectivity index (χ1v) is 6.69. The molecule has 0 spiro atoms. The molecule has 1 unspecified atom stereocenters. The number of benzene rings is 1. The lowest BCUT2D eigenvalue weighted by Crippen LogP contribution is -2.11. The fourth-order valence-electron chi connectivity index (χ4n) is 1.36. The molecule has 0 aliphatic heterocycles. The Labute approximate surface area is 117 Å². The number of Topliss-reactive ketones (excluding diaryl/α,β-unsaturated/α-hetero) is 1. The maximum Gasteiger partial charge on any atom is 0.309 e. The van der Waals surface area contributed by atoms with Gasteiger partial charge in [-0.1, -0.05) is 31.9 Å². The molecule has 0 saturated heterocycles. The zero-order valence-corrected chi connectivity index (χ0v) is 12.7. The maximum atomic E-state index is 11.8. The summed E-state index contributed by atoms with van der Waals surface area (Å²) < 4.78 is 5.37. The summed E-state index contributed by atoms with van der Waals surface area (Å²) in [5.41, 5.74) is 1.32. The SMILES string of the molecule is COC(=O)Cc1cc(Br)cc(C(=O)C(C)Br)c1. The quantitative estimate of drug-likeness (QED) is 0.469. The van der Waals surface area contributed by atoms with Crippen molar-refractivity contribution in [1.82, 2.24) is 0 Å². The Morgan fingerprint density at radius 1 is 1.35 bits per heavy atom. The molecular weight excluding hydrogens is 352 g/mol. The van der Waals surface area contributed by atoms with E-state index in [0.29, 0.717) is 5.56 Å². The van der Waals surface area contributed by atoms with E-state index in [0.717, 1.165) is 10.0 Å². The molecule has 1 rings (SSSR count). The van der Waals surface area contributed by atoms with Crippen molar-refractivity contribution in [1.29, 1.82) is 0 Å². The van der Waals surface area contributed by atoms with Crippen molar-refractivity contribution in [2.45, 2.75) is 18.2 Å². The Balaban J connectivity index is 3.02. The van der Waals surface area contributed by atoms with E-state index in [1.807, 2.05) is 0 Å². The predicted molar refractivity (Wildman–Crippen MR) is 72.6 cm³/mol. The molecule has 1 aromatic carbocycles. The molecule has 0 saturated carbocycles. The van der Waals surface area contributed by atoms with E-state index in [2.05, 4.69) is 36.6 Å². The number of rotatable bonds is 4. The normalized spacial score (nSPS) is 12.0. The molecule has 17 heavy (non-hydrogen) atoms. The summed E-state index contributed by atoms with van der Waals surface area (Å²) in [6.07, 6.45) is 0.160. The molecule has 0 amide bonds. The van der Waals surface area contributed by atoms with Gasteiger partial charge >= 0.3 is 5.97 Å². The van der Waals surface area contributed by atoms with Gasteiger partial charge in [0.25, 0.3) is 0 Å². The average molecular weight is 364 g/mol. The molecule has 0 bridgehead atoms. The lowest BCUT2D eigenvalue weighted by atomic mass is 10.0. The van der Waals surface area contributed by atoms with Crippen molar-refractivity contribution in [2.24, 2.45) is 0 Å². The summed E-state index contributed by atoms with van der Waals surface area (Å²) in [4.78, 5) is 22.7. The summed E-state index contributed by atoms with van der Waals surface area (Å²) in [6, 6.07) is 5.25. The molecule has 0 aliphatic carbocycles. The highest BCUT2D eigenvalue weighted by atomic mass is 79.9. The van der Waals surface area contributed by atoms with Gasteiger partial charge in [-0.3, -0.25) is 9.59 Å². The van der Waals surface area contributed by atoms with E-state index in [1.54, 1.807) is 25.1 Å². The topological polar surface area (TPSA) is 43.4 Å². The minimum Gasteiger partial charge on any atom is -0.469 e. The zero-order valence-electron chi connectivity index (χ0n) is 9.50. The van der Waals surface area contributed by atoms with Crippen LogP contribution in [0.25, 0.3) is 0 Å². The number of ether oxygens (including phenoxy) is 1. The molecule has 0 radical (unpaired) electrons. The monoisotopic (exact) mass is 362 g/mol. The molecular formula is C12H12Br2O3. The molecule has 0 heterocycles. The van der Waals surface area contributed by atoms with Crippen molar-refractivity contribution < 1.29 is 14.3 Å². The van der Waals surface area contributed by atoms with Gasteiger partial charge in [0, 0.05) is 10.0 Å². The van der Waals surface area contributed by atoms with Gasteiger partial charge in [0.1, 0.15) is 0 Å². The van der Waals surface area contributed by atoms with Crippen LogP contribution in [-0.4, -0.2) is 23.7 Å². The summed E-state index contributed by atoms with van der Waals surface area (Å²) in [6.45, 7) is 1.77. The number of hydrogen-bond donors (Lipinski definition) is 0.